The summed E-state index contributed by atoms with van der Waals surface area (Å²) in [6.45, 7) is 0.629. The van der Waals surface area contributed by atoms with Crippen LogP contribution in [0.5, 0.6) is 5.88 Å². The van der Waals surface area contributed by atoms with Crippen LogP contribution >= 0.6 is 0 Å². The van der Waals surface area contributed by atoms with E-state index in [0.717, 1.165) is 11.3 Å². The first-order valence-corrected chi connectivity index (χ1v) is 5.75. The minimum atomic E-state index is 0.472. The molecule has 1 aromatic carbocycles. The third-order valence-electron chi connectivity index (χ3n) is 2.68. The number of ether oxygens (including phenoxy) is 1. The highest BCUT2D eigenvalue weighted by molar-refractivity contribution is 5.62. The normalized spacial score (nSPS) is 9.68. The Hall–Kier alpha value is -2.74. The molecule has 0 aliphatic rings. The number of rotatable bonds is 4. The number of hydrogen-bond acceptors (Lipinski definition) is 5. The van der Waals surface area contributed by atoms with E-state index in [1.807, 2.05) is 24.3 Å². The van der Waals surface area contributed by atoms with Gasteiger partial charge in [-0.25, -0.2) is 4.98 Å². The molecule has 0 atom stereocenters. The molecule has 0 saturated carbocycles. The maximum absolute atomic E-state index is 8.80. The fraction of sp³-hybridized carbons (Fsp3) is 0.143. The van der Waals surface area contributed by atoms with Crippen molar-refractivity contribution < 1.29 is 4.74 Å². The monoisotopic (exact) mass is 254 g/mol. The molecule has 2 rings (SSSR count). The van der Waals surface area contributed by atoms with E-state index in [2.05, 4.69) is 10.3 Å². The second-order valence-electron chi connectivity index (χ2n) is 3.97. The van der Waals surface area contributed by atoms with Crippen LogP contribution in [0, 0.1) is 11.3 Å². The summed E-state index contributed by atoms with van der Waals surface area (Å²) in [6, 6.07) is 11.1. The molecule has 5 heteroatoms. The fourth-order valence-corrected chi connectivity index (χ4v) is 1.65. The van der Waals surface area contributed by atoms with Crippen LogP contribution in [-0.2, 0) is 6.54 Å². The summed E-state index contributed by atoms with van der Waals surface area (Å²) in [5, 5.41) is 12.0. The molecule has 96 valence electrons. The van der Waals surface area contributed by atoms with Gasteiger partial charge in [-0.05, 0) is 29.8 Å². The predicted molar refractivity (Wildman–Crippen MR) is 73.7 cm³/mol. The van der Waals surface area contributed by atoms with Gasteiger partial charge in [0.25, 0.3) is 0 Å². The zero-order valence-corrected chi connectivity index (χ0v) is 10.6. The Bertz CT molecular complexity index is 619. The summed E-state index contributed by atoms with van der Waals surface area (Å²) in [5.41, 5.74) is 8.63. The lowest BCUT2D eigenvalue weighted by Crippen LogP contribution is -2.01. The molecular weight excluding hydrogens is 240 g/mol. The van der Waals surface area contributed by atoms with E-state index in [-0.39, 0.29) is 0 Å². The molecular formula is C14H14N4O. The molecule has 1 heterocycles. The van der Waals surface area contributed by atoms with Crippen molar-refractivity contribution in [2.75, 3.05) is 18.2 Å². The van der Waals surface area contributed by atoms with Gasteiger partial charge in [0, 0.05) is 24.5 Å². The highest BCUT2D eigenvalue weighted by Gasteiger charge is 2.01. The maximum Gasteiger partial charge on any atom is 0.213 e. The Morgan fingerprint density at radius 2 is 2.21 bits per heavy atom. The number of nitriles is 1. The topological polar surface area (TPSA) is 84.0 Å². The molecule has 2 aromatic rings. The predicted octanol–water partition coefficient (Wildman–Crippen LogP) is 2.16. The highest BCUT2D eigenvalue weighted by Crippen LogP contribution is 2.18. The SMILES string of the molecule is COc1cc(CNc2ccc(C#N)c(N)c2)ccn1. The van der Waals surface area contributed by atoms with E-state index in [1.165, 1.54) is 0 Å². The van der Waals surface area contributed by atoms with Crippen LogP contribution in [-0.4, -0.2) is 12.1 Å². The van der Waals surface area contributed by atoms with Crippen molar-refractivity contribution in [1.29, 1.82) is 5.26 Å². The minimum absolute atomic E-state index is 0.472. The number of pyridine rings is 1. The number of nitrogen functional groups attached to an aromatic ring is 1. The molecule has 0 saturated heterocycles. The molecule has 0 unspecified atom stereocenters. The van der Waals surface area contributed by atoms with Crippen molar-refractivity contribution in [2.24, 2.45) is 0 Å². The summed E-state index contributed by atoms with van der Waals surface area (Å²) in [4.78, 5) is 4.04. The average Bonchev–Trinajstić information content (AvgIpc) is 2.45. The zero-order valence-electron chi connectivity index (χ0n) is 10.6. The first-order chi connectivity index (χ1) is 9.22. The second kappa shape index (κ2) is 5.74. The van der Waals surface area contributed by atoms with Crippen molar-refractivity contribution in [1.82, 2.24) is 4.98 Å². The second-order valence-corrected chi connectivity index (χ2v) is 3.97. The standard InChI is InChI=1S/C14H14N4O/c1-19-14-6-10(4-5-17-14)9-18-12-3-2-11(8-15)13(16)7-12/h2-7,18H,9,16H2,1H3. The quantitative estimate of drug-likeness (QED) is 0.817. The highest BCUT2D eigenvalue weighted by atomic mass is 16.5. The lowest BCUT2D eigenvalue weighted by atomic mass is 10.1. The largest absolute Gasteiger partial charge is 0.481 e. The van der Waals surface area contributed by atoms with E-state index in [1.54, 1.807) is 25.4 Å². The van der Waals surface area contributed by atoms with E-state index in [9.17, 15) is 0 Å². The minimum Gasteiger partial charge on any atom is -0.481 e. The number of hydrogen-bond donors (Lipinski definition) is 2. The van der Waals surface area contributed by atoms with E-state index >= 15 is 0 Å². The molecule has 0 radical (unpaired) electrons. The Labute approximate surface area is 111 Å². The molecule has 0 amide bonds. The van der Waals surface area contributed by atoms with Gasteiger partial charge in [-0.2, -0.15) is 5.26 Å². The molecule has 0 aliphatic carbocycles. The van der Waals surface area contributed by atoms with Gasteiger partial charge < -0.3 is 15.8 Å². The van der Waals surface area contributed by atoms with Gasteiger partial charge >= 0.3 is 0 Å². The van der Waals surface area contributed by atoms with Crippen LogP contribution in [0.15, 0.2) is 36.5 Å². The Morgan fingerprint density at radius 1 is 1.37 bits per heavy atom. The lowest BCUT2D eigenvalue weighted by molar-refractivity contribution is 0.397. The lowest BCUT2D eigenvalue weighted by Gasteiger charge is -2.08. The van der Waals surface area contributed by atoms with Crippen LogP contribution < -0.4 is 15.8 Å². The van der Waals surface area contributed by atoms with Crippen LogP contribution in [0.1, 0.15) is 11.1 Å². The van der Waals surface area contributed by atoms with Crippen LogP contribution in [0.3, 0.4) is 0 Å². The summed E-state index contributed by atoms with van der Waals surface area (Å²) >= 11 is 0. The van der Waals surface area contributed by atoms with Gasteiger partial charge in [-0.15, -0.1) is 0 Å². The van der Waals surface area contributed by atoms with Gasteiger partial charge in [0.05, 0.1) is 18.4 Å². The molecule has 5 nitrogen and oxygen atoms in total. The van der Waals surface area contributed by atoms with E-state index in [0.29, 0.717) is 23.7 Å². The molecule has 0 spiro atoms. The summed E-state index contributed by atoms with van der Waals surface area (Å²) < 4.78 is 5.06. The van der Waals surface area contributed by atoms with Crippen molar-refractivity contribution >= 4 is 11.4 Å². The number of nitrogens with zero attached hydrogens (tertiary/aromatic N) is 2. The van der Waals surface area contributed by atoms with Gasteiger partial charge in [0.1, 0.15) is 6.07 Å². The van der Waals surface area contributed by atoms with Gasteiger partial charge in [-0.1, -0.05) is 0 Å². The van der Waals surface area contributed by atoms with Crippen molar-refractivity contribution in [2.45, 2.75) is 6.54 Å². The van der Waals surface area contributed by atoms with Crippen LogP contribution in [0.25, 0.3) is 0 Å². The number of methoxy groups -OCH3 is 1. The molecule has 0 fully saturated rings. The Morgan fingerprint density at radius 3 is 2.89 bits per heavy atom. The first-order valence-electron chi connectivity index (χ1n) is 5.75. The summed E-state index contributed by atoms with van der Waals surface area (Å²) in [5.74, 6) is 0.582. The zero-order chi connectivity index (χ0) is 13.7. The van der Waals surface area contributed by atoms with Crippen molar-refractivity contribution in [3.8, 4) is 11.9 Å². The number of anilines is 2. The van der Waals surface area contributed by atoms with E-state index in [4.69, 9.17) is 15.7 Å². The fourth-order valence-electron chi connectivity index (χ4n) is 1.65. The molecule has 1 aromatic heterocycles. The number of benzene rings is 1. The first kappa shape index (κ1) is 12.7. The number of aromatic nitrogens is 1. The third-order valence-corrected chi connectivity index (χ3v) is 2.68. The summed E-state index contributed by atoms with van der Waals surface area (Å²) in [6.07, 6.45) is 1.70. The molecule has 19 heavy (non-hydrogen) atoms. The molecule has 0 aliphatic heterocycles. The smallest absolute Gasteiger partial charge is 0.213 e. The van der Waals surface area contributed by atoms with Crippen molar-refractivity contribution in [3.63, 3.8) is 0 Å². The number of nitrogens with two attached hydrogens (primary N) is 1. The number of nitrogens with one attached hydrogen (secondary N) is 1. The van der Waals surface area contributed by atoms with Gasteiger partial charge in [-0.3, -0.25) is 0 Å². The Kier molecular flexibility index (Phi) is 3.84. The van der Waals surface area contributed by atoms with Gasteiger partial charge in [0.2, 0.25) is 5.88 Å². The third kappa shape index (κ3) is 3.13. The van der Waals surface area contributed by atoms with Gasteiger partial charge in [0.15, 0.2) is 0 Å². The van der Waals surface area contributed by atoms with Crippen molar-refractivity contribution in [3.05, 3.63) is 47.7 Å². The molecule has 3 N–H and O–H groups in total. The Balaban J connectivity index is 2.06. The summed E-state index contributed by atoms with van der Waals surface area (Å²) in [7, 11) is 1.58. The average molecular weight is 254 g/mol. The van der Waals surface area contributed by atoms with Crippen LogP contribution in [0.4, 0.5) is 11.4 Å². The van der Waals surface area contributed by atoms with Crippen LogP contribution in [0.2, 0.25) is 0 Å². The van der Waals surface area contributed by atoms with E-state index < -0.39 is 0 Å². The molecule has 0 bridgehead atoms. The maximum atomic E-state index is 8.80.